The Bertz CT molecular complexity index is 486. The molecule has 1 amide bonds. The first-order chi connectivity index (χ1) is 9.35. The molecule has 1 rings (SSSR count). The molecule has 0 saturated heterocycles. The van der Waals surface area contributed by atoms with Crippen LogP contribution in [0.1, 0.15) is 41.2 Å². The molecule has 110 valence electrons. The van der Waals surface area contributed by atoms with Gasteiger partial charge < -0.3 is 15.2 Å². The Morgan fingerprint density at radius 2 is 2.00 bits per heavy atom. The molecule has 0 aliphatic heterocycles. The number of nitrogens with zero attached hydrogens (tertiary/aromatic N) is 1. The number of carbonyl (C=O) groups excluding carboxylic acids is 1. The molecule has 20 heavy (non-hydrogen) atoms. The van der Waals surface area contributed by atoms with Crippen molar-refractivity contribution in [1.82, 2.24) is 10.3 Å². The van der Waals surface area contributed by atoms with Crippen LogP contribution in [-0.2, 0) is 4.74 Å². The second-order valence-electron chi connectivity index (χ2n) is 5.30. The van der Waals surface area contributed by atoms with Crippen LogP contribution >= 0.6 is 0 Å². The zero-order valence-corrected chi connectivity index (χ0v) is 12.0. The summed E-state index contributed by atoms with van der Waals surface area (Å²) in [5, 5.41) is 11.6. The SMILES string of the molecule is COCCC(C)(C)CNC(=O)c1cccc(C(=O)O)n1. The number of carbonyl (C=O) groups is 2. The van der Waals surface area contributed by atoms with Crippen LogP contribution in [0.2, 0.25) is 0 Å². The minimum absolute atomic E-state index is 0.101. The Morgan fingerprint density at radius 3 is 2.60 bits per heavy atom. The van der Waals surface area contributed by atoms with Crippen LogP contribution in [0.25, 0.3) is 0 Å². The second-order valence-corrected chi connectivity index (χ2v) is 5.30. The number of hydrogen-bond donors (Lipinski definition) is 2. The van der Waals surface area contributed by atoms with Gasteiger partial charge in [0.05, 0.1) is 0 Å². The number of nitrogens with one attached hydrogen (secondary N) is 1. The fourth-order valence-corrected chi connectivity index (χ4v) is 1.56. The average molecular weight is 280 g/mol. The minimum Gasteiger partial charge on any atom is -0.477 e. The molecule has 0 radical (unpaired) electrons. The second kappa shape index (κ2) is 7.00. The normalized spacial score (nSPS) is 11.2. The number of carboxylic acids is 1. The van der Waals surface area contributed by atoms with E-state index in [2.05, 4.69) is 10.3 Å². The Morgan fingerprint density at radius 1 is 1.35 bits per heavy atom. The molecule has 0 spiro atoms. The van der Waals surface area contributed by atoms with Crippen molar-refractivity contribution in [2.75, 3.05) is 20.3 Å². The van der Waals surface area contributed by atoms with Crippen LogP contribution in [0.3, 0.4) is 0 Å². The van der Waals surface area contributed by atoms with E-state index < -0.39 is 5.97 Å². The van der Waals surface area contributed by atoms with E-state index in [1.54, 1.807) is 7.11 Å². The summed E-state index contributed by atoms with van der Waals surface area (Å²) < 4.78 is 5.02. The molecule has 1 aromatic rings. The number of amides is 1. The van der Waals surface area contributed by atoms with E-state index >= 15 is 0 Å². The summed E-state index contributed by atoms with van der Waals surface area (Å²) in [6, 6.07) is 4.34. The first-order valence-electron chi connectivity index (χ1n) is 6.33. The van der Waals surface area contributed by atoms with Crippen LogP contribution in [0.5, 0.6) is 0 Å². The van der Waals surface area contributed by atoms with Crippen molar-refractivity contribution in [3.8, 4) is 0 Å². The van der Waals surface area contributed by atoms with Gasteiger partial charge in [0.2, 0.25) is 0 Å². The largest absolute Gasteiger partial charge is 0.477 e. The lowest BCUT2D eigenvalue weighted by Gasteiger charge is -2.24. The van der Waals surface area contributed by atoms with Crippen LogP contribution in [0, 0.1) is 5.41 Å². The van der Waals surface area contributed by atoms with E-state index in [1.807, 2.05) is 13.8 Å². The van der Waals surface area contributed by atoms with Gasteiger partial charge in [0.25, 0.3) is 5.91 Å². The lowest BCUT2D eigenvalue weighted by atomic mass is 9.89. The van der Waals surface area contributed by atoms with Crippen LogP contribution in [0.15, 0.2) is 18.2 Å². The van der Waals surface area contributed by atoms with E-state index in [9.17, 15) is 9.59 Å². The summed E-state index contributed by atoms with van der Waals surface area (Å²) in [5.41, 5.74) is -0.139. The third kappa shape index (κ3) is 4.97. The Hall–Kier alpha value is -1.95. The van der Waals surface area contributed by atoms with Gasteiger partial charge in [-0.2, -0.15) is 0 Å². The Kier molecular flexibility index (Phi) is 5.64. The number of pyridine rings is 1. The lowest BCUT2D eigenvalue weighted by molar-refractivity contribution is 0.0690. The lowest BCUT2D eigenvalue weighted by Crippen LogP contribution is -2.35. The maximum atomic E-state index is 11.9. The van der Waals surface area contributed by atoms with Gasteiger partial charge in [0.1, 0.15) is 11.4 Å². The number of aromatic nitrogens is 1. The van der Waals surface area contributed by atoms with E-state index in [4.69, 9.17) is 9.84 Å². The fraction of sp³-hybridized carbons (Fsp3) is 0.500. The fourth-order valence-electron chi connectivity index (χ4n) is 1.56. The van der Waals surface area contributed by atoms with Crippen molar-refractivity contribution in [3.63, 3.8) is 0 Å². The summed E-state index contributed by atoms with van der Waals surface area (Å²) >= 11 is 0. The quantitative estimate of drug-likeness (QED) is 0.791. The van der Waals surface area contributed by atoms with Crippen molar-refractivity contribution < 1.29 is 19.4 Å². The Labute approximate surface area is 118 Å². The topological polar surface area (TPSA) is 88.5 Å². The average Bonchev–Trinajstić information content (AvgIpc) is 2.43. The molecule has 1 heterocycles. The number of rotatable bonds is 7. The maximum Gasteiger partial charge on any atom is 0.354 e. The van der Waals surface area contributed by atoms with Gasteiger partial charge in [0, 0.05) is 20.3 Å². The molecule has 0 aromatic carbocycles. The van der Waals surface area contributed by atoms with Gasteiger partial charge in [-0.15, -0.1) is 0 Å². The molecule has 0 bridgehead atoms. The molecular formula is C14H20N2O4. The maximum absolute atomic E-state index is 11.9. The van der Waals surface area contributed by atoms with Crippen LogP contribution in [-0.4, -0.2) is 42.2 Å². The highest BCUT2D eigenvalue weighted by molar-refractivity contribution is 5.94. The van der Waals surface area contributed by atoms with Gasteiger partial charge in [-0.25, -0.2) is 9.78 Å². The smallest absolute Gasteiger partial charge is 0.354 e. The van der Waals surface area contributed by atoms with Gasteiger partial charge in [0.15, 0.2) is 0 Å². The molecule has 0 fully saturated rings. The third-order valence-corrected chi connectivity index (χ3v) is 2.91. The number of carboxylic acid groups (broad SMARTS) is 1. The minimum atomic E-state index is -1.15. The molecule has 0 aliphatic carbocycles. The molecule has 0 unspecified atom stereocenters. The molecule has 2 N–H and O–H groups in total. The van der Waals surface area contributed by atoms with E-state index in [0.717, 1.165) is 6.42 Å². The van der Waals surface area contributed by atoms with Gasteiger partial charge in [-0.05, 0) is 24.0 Å². The molecule has 0 atom stereocenters. The summed E-state index contributed by atoms with van der Waals surface area (Å²) in [4.78, 5) is 26.5. The number of ether oxygens (including phenoxy) is 1. The standard InChI is InChI=1S/C14H20N2O4/c1-14(2,7-8-20-3)9-15-12(17)10-5-4-6-11(16-10)13(18)19/h4-6H,7-9H2,1-3H3,(H,15,17)(H,18,19). The zero-order valence-electron chi connectivity index (χ0n) is 12.0. The summed E-state index contributed by atoms with van der Waals surface area (Å²) in [7, 11) is 1.63. The van der Waals surface area contributed by atoms with E-state index in [0.29, 0.717) is 13.2 Å². The monoisotopic (exact) mass is 280 g/mol. The zero-order chi connectivity index (χ0) is 15.2. The number of aromatic carboxylic acids is 1. The summed E-state index contributed by atoms with van der Waals surface area (Å²) in [5.74, 6) is -1.53. The van der Waals surface area contributed by atoms with Crippen molar-refractivity contribution >= 4 is 11.9 Å². The summed E-state index contributed by atoms with van der Waals surface area (Å²) in [6.45, 7) is 5.13. The highest BCUT2D eigenvalue weighted by Gasteiger charge is 2.19. The molecular weight excluding hydrogens is 260 g/mol. The molecule has 6 nitrogen and oxygen atoms in total. The van der Waals surface area contributed by atoms with Crippen LogP contribution in [0.4, 0.5) is 0 Å². The van der Waals surface area contributed by atoms with Crippen molar-refractivity contribution in [1.29, 1.82) is 0 Å². The Balaban J connectivity index is 2.63. The molecule has 0 aliphatic rings. The number of methoxy groups -OCH3 is 1. The van der Waals surface area contributed by atoms with E-state index in [-0.39, 0.29) is 22.7 Å². The van der Waals surface area contributed by atoms with E-state index in [1.165, 1.54) is 18.2 Å². The predicted octanol–water partition coefficient (Wildman–Crippen LogP) is 1.57. The third-order valence-electron chi connectivity index (χ3n) is 2.91. The van der Waals surface area contributed by atoms with Gasteiger partial charge in [-0.1, -0.05) is 19.9 Å². The van der Waals surface area contributed by atoms with Gasteiger partial charge in [-0.3, -0.25) is 4.79 Å². The van der Waals surface area contributed by atoms with Crippen molar-refractivity contribution in [2.45, 2.75) is 20.3 Å². The first kappa shape index (κ1) is 16.1. The van der Waals surface area contributed by atoms with Gasteiger partial charge >= 0.3 is 5.97 Å². The van der Waals surface area contributed by atoms with Crippen molar-refractivity contribution in [2.24, 2.45) is 5.41 Å². The molecule has 0 saturated carbocycles. The summed E-state index contributed by atoms with van der Waals surface area (Å²) in [6.07, 6.45) is 0.812. The molecule has 1 aromatic heterocycles. The predicted molar refractivity (Wildman–Crippen MR) is 73.8 cm³/mol. The van der Waals surface area contributed by atoms with Crippen molar-refractivity contribution in [3.05, 3.63) is 29.6 Å². The first-order valence-corrected chi connectivity index (χ1v) is 6.33. The highest BCUT2D eigenvalue weighted by Crippen LogP contribution is 2.18. The molecule has 6 heteroatoms. The number of hydrogen-bond acceptors (Lipinski definition) is 4. The van der Waals surface area contributed by atoms with Crippen LogP contribution < -0.4 is 5.32 Å². The highest BCUT2D eigenvalue weighted by atomic mass is 16.5.